The first kappa shape index (κ1) is 14.6. The van der Waals surface area contributed by atoms with Crippen molar-refractivity contribution in [3.63, 3.8) is 0 Å². The van der Waals surface area contributed by atoms with E-state index in [0.717, 1.165) is 29.9 Å². The van der Waals surface area contributed by atoms with E-state index in [-0.39, 0.29) is 0 Å². The SMILES string of the molecule is C=CS(=O)(=O)N1CCN(Cc2ccc(S)cc2)CC1. The number of thiol groups is 1. The van der Waals surface area contributed by atoms with Gasteiger partial charge in [0.05, 0.1) is 0 Å². The molecule has 0 atom stereocenters. The van der Waals surface area contributed by atoms with Gasteiger partial charge in [-0.15, -0.1) is 12.6 Å². The Hall–Kier alpha value is -0.820. The number of hydrogen-bond acceptors (Lipinski definition) is 4. The van der Waals surface area contributed by atoms with E-state index in [0.29, 0.717) is 13.1 Å². The van der Waals surface area contributed by atoms with Crippen molar-refractivity contribution < 1.29 is 8.42 Å². The number of hydrogen-bond donors (Lipinski definition) is 1. The predicted octanol–water partition coefficient (Wildman–Crippen LogP) is 1.57. The van der Waals surface area contributed by atoms with Crippen LogP contribution in [0.25, 0.3) is 0 Å². The summed E-state index contributed by atoms with van der Waals surface area (Å²) >= 11 is 4.26. The van der Waals surface area contributed by atoms with Crippen molar-refractivity contribution in [3.8, 4) is 0 Å². The minimum atomic E-state index is -3.26. The normalized spacial score (nSPS) is 18.4. The smallest absolute Gasteiger partial charge is 0.235 e. The summed E-state index contributed by atoms with van der Waals surface area (Å²) in [6.45, 7) is 6.74. The quantitative estimate of drug-likeness (QED) is 0.858. The van der Waals surface area contributed by atoms with Crippen LogP contribution in [0.15, 0.2) is 41.1 Å². The van der Waals surface area contributed by atoms with E-state index < -0.39 is 10.0 Å². The fourth-order valence-corrected chi connectivity index (χ4v) is 3.14. The summed E-state index contributed by atoms with van der Waals surface area (Å²) in [7, 11) is -3.26. The van der Waals surface area contributed by atoms with Gasteiger partial charge < -0.3 is 0 Å². The molecule has 0 aliphatic carbocycles. The zero-order valence-corrected chi connectivity index (χ0v) is 12.4. The van der Waals surface area contributed by atoms with Gasteiger partial charge in [0.2, 0.25) is 10.0 Å². The largest absolute Gasteiger partial charge is 0.296 e. The Labute approximate surface area is 120 Å². The molecule has 4 nitrogen and oxygen atoms in total. The Morgan fingerprint density at radius 2 is 1.74 bits per heavy atom. The van der Waals surface area contributed by atoms with Gasteiger partial charge in [0.25, 0.3) is 0 Å². The third-order valence-corrected chi connectivity index (χ3v) is 5.05. The van der Waals surface area contributed by atoms with E-state index in [1.807, 2.05) is 12.1 Å². The summed E-state index contributed by atoms with van der Waals surface area (Å²) in [5.41, 5.74) is 1.22. The van der Waals surface area contributed by atoms with Crippen molar-refractivity contribution in [3.05, 3.63) is 41.8 Å². The highest BCUT2D eigenvalue weighted by Crippen LogP contribution is 2.13. The van der Waals surface area contributed by atoms with Crippen molar-refractivity contribution in [2.45, 2.75) is 11.4 Å². The molecular formula is C13H18N2O2S2. The highest BCUT2D eigenvalue weighted by atomic mass is 32.2. The van der Waals surface area contributed by atoms with Gasteiger partial charge in [-0.3, -0.25) is 4.90 Å². The first-order chi connectivity index (χ1) is 9.01. The van der Waals surface area contributed by atoms with Crippen molar-refractivity contribution in [1.82, 2.24) is 9.21 Å². The molecule has 1 aliphatic rings. The first-order valence-electron chi connectivity index (χ1n) is 6.14. The molecule has 19 heavy (non-hydrogen) atoms. The Balaban J connectivity index is 1.90. The lowest BCUT2D eigenvalue weighted by molar-refractivity contribution is 0.182. The summed E-state index contributed by atoms with van der Waals surface area (Å²) in [6.07, 6.45) is 0. The minimum Gasteiger partial charge on any atom is -0.296 e. The van der Waals surface area contributed by atoms with E-state index in [2.05, 4.69) is 36.2 Å². The molecule has 0 aromatic heterocycles. The third kappa shape index (κ3) is 3.82. The number of sulfonamides is 1. The van der Waals surface area contributed by atoms with Gasteiger partial charge in [0.1, 0.15) is 0 Å². The molecule has 0 radical (unpaired) electrons. The number of nitrogens with zero attached hydrogens (tertiary/aromatic N) is 2. The van der Waals surface area contributed by atoms with Gasteiger partial charge in [0, 0.05) is 43.0 Å². The summed E-state index contributed by atoms with van der Waals surface area (Å²) < 4.78 is 24.8. The molecule has 0 N–H and O–H groups in total. The van der Waals surface area contributed by atoms with Crippen LogP contribution in [-0.4, -0.2) is 43.8 Å². The van der Waals surface area contributed by atoms with Gasteiger partial charge in [-0.2, -0.15) is 4.31 Å². The van der Waals surface area contributed by atoms with Crippen LogP contribution in [-0.2, 0) is 16.6 Å². The maximum atomic E-state index is 11.6. The predicted molar refractivity (Wildman–Crippen MR) is 79.7 cm³/mol. The van der Waals surface area contributed by atoms with Crippen LogP contribution in [0.2, 0.25) is 0 Å². The molecular weight excluding hydrogens is 280 g/mol. The molecule has 1 saturated heterocycles. The van der Waals surface area contributed by atoms with E-state index in [4.69, 9.17) is 0 Å². The molecule has 0 bridgehead atoms. The lowest BCUT2D eigenvalue weighted by Crippen LogP contribution is -2.47. The zero-order valence-electron chi connectivity index (χ0n) is 10.7. The van der Waals surface area contributed by atoms with Crippen molar-refractivity contribution >= 4 is 22.7 Å². The highest BCUT2D eigenvalue weighted by Gasteiger charge is 2.24. The fraction of sp³-hybridized carbons (Fsp3) is 0.385. The molecule has 1 fully saturated rings. The van der Waals surface area contributed by atoms with Gasteiger partial charge in [-0.1, -0.05) is 18.7 Å². The average Bonchev–Trinajstić information content (AvgIpc) is 2.42. The Morgan fingerprint density at radius 1 is 1.16 bits per heavy atom. The topological polar surface area (TPSA) is 40.6 Å². The van der Waals surface area contributed by atoms with E-state index in [1.165, 1.54) is 9.87 Å². The standard InChI is InChI=1S/C13H18N2O2S2/c1-2-19(16,17)15-9-7-14(8-10-15)11-12-3-5-13(18)6-4-12/h2-6,18H,1,7-11H2. The van der Waals surface area contributed by atoms with Gasteiger partial charge in [-0.25, -0.2) is 8.42 Å². The summed E-state index contributed by atoms with van der Waals surface area (Å²) in [4.78, 5) is 3.20. The van der Waals surface area contributed by atoms with Crippen molar-refractivity contribution in [2.24, 2.45) is 0 Å². The molecule has 0 saturated carbocycles. The van der Waals surface area contributed by atoms with Crippen LogP contribution >= 0.6 is 12.6 Å². The lowest BCUT2D eigenvalue weighted by atomic mass is 10.2. The fourth-order valence-electron chi connectivity index (χ4n) is 2.11. The number of piperazine rings is 1. The van der Waals surface area contributed by atoms with Crippen LogP contribution in [0.4, 0.5) is 0 Å². The van der Waals surface area contributed by atoms with E-state index in [9.17, 15) is 8.42 Å². The molecule has 0 spiro atoms. The molecule has 6 heteroatoms. The maximum absolute atomic E-state index is 11.6. The Morgan fingerprint density at radius 3 is 2.26 bits per heavy atom. The minimum absolute atomic E-state index is 0.527. The third-order valence-electron chi connectivity index (χ3n) is 3.24. The second-order valence-electron chi connectivity index (χ2n) is 4.55. The van der Waals surface area contributed by atoms with Gasteiger partial charge >= 0.3 is 0 Å². The van der Waals surface area contributed by atoms with Crippen LogP contribution < -0.4 is 0 Å². The summed E-state index contributed by atoms with van der Waals surface area (Å²) in [6, 6.07) is 8.04. The molecule has 1 aliphatic heterocycles. The average molecular weight is 298 g/mol. The second kappa shape index (κ2) is 6.09. The lowest BCUT2D eigenvalue weighted by Gasteiger charge is -2.33. The number of benzene rings is 1. The van der Waals surface area contributed by atoms with Crippen LogP contribution in [0, 0.1) is 0 Å². The molecule has 1 heterocycles. The van der Waals surface area contributed by atoms with Crippen LogP contribution in [0.3, 0.4) is 0 Å². The van der Waals surface area contributed by atoms with E-state index in [1.54, 1.807) is 0 Å². The Kier molecular flexibility index (Phi) is 4.67. The Bertz CT molecular complexity index is 532. The van der Waals surface area contributed by atoms with Crippen LogP contribution in [0.1, 0.15) is 5.56 Å². The summed E-state index contributed by atoms with van der Waals surface area (Å²) in [5, 5.41) is 1.02. The molecule has 1 aromatic carbocycles. The highest BCUT2D eigenvalue weighted by molar-refractivity contribution is 7.92. The first-order valence-corrected chi connectivity index (χ1v) is 8.09. The molecule has 0 amide bonds. The van der Waals surface area contributed by atoms with Crippen molar-refractivity contribution in [2.75, 3.05) is 26.2 Å². The van der Waals surface area contributed by atoms with Gasteiger partial charge in [0.15, 0.2) is 0 Å². The molecule has 0 unspecified atom stereocenters. The van der Waals surface area contributed by atoms with E-state index >= 15 is 0 Å². The molecule has 104 valence electrons. The number of rotatable bonds is 4. The second-order valence-corrected chi connectivity index (χ2v) is 6.95. The zero-order chi connectivity index (χ0) is 13.9. The summed E-state index contributed by atoms with van der Waals surface area (Å²) in [5.74, 6) is 0. The molecule has 2 rings (SSSR count). The van der Waals surface area contributed by atoms with Gasteiger partial charge in [-0.05, 0) is 17.7 Å². The maximum Gasteiger partial charge on any atom is 0.235 e. The molecule has 1 aromatic rings. The van der Waals surface area contributed by atoms with Crippen molar-refractivity contribution in [1.29, 1.82) is 0 Å². The van der Waals surface area contributed by atoms with Crippen LogP contribution in [0.5, 0.6) is 0 Å². The monoisotopic (exact) mass is 298 g/mol.